The molecule has 0 radical (unpaired) electrons. The molecule has 148 valence electrons. The van der Waals surface area contributed by atoms with E-state index in [1.54, 1.807) is 0 Å². The van der Waals surface area contributed by atoms with Crippen LogP contribution in [0.3, 0.4) is 0 Å². The highest BCUT2D eigenvalue weighted by Crippen LogP contribution is 2.34. The number of hydrogen-bond donors (Lipinski definition) is 1. The number of fused-ring (bicyclic) bond motifs is 1. The van der Waals surface area contributed by atoms with E-state index in [-0.39, 0.29) is 11.4 Å². The van der Waals surface area contributed by atoms with Gasteiger partial charge < -0.3 is 19.7 Å². The Bertz CT molecular complexity index is 685. The van der Waals surface area contributed by atoms with Gasteiger partial charge in [-0.05, 0) is 56.3 Å². The lowest BCUT2D eigenvalue weighted by molar-refractivity contribution is -0.134. The largest absolute Gasteiger partial charge is 0.454 e. The summed E-state index contributed by atoms with van der Waals surface area (Å²) in [4.78, 5) is 17.5. The third-order valence-corrected chi connectivity index (χ3v) is 6.38. The van der Waals surface area contributed by atoms with Gasteiger partial charge in [0.05, 0.1) is 0 Å². The number of likely N-dealkylation sites (N-methyl/N-ethyl adjacent to an activating group) is 1. The monoisotopic (exact) mass is 373 g/mol. The second-order valence-corrected chi connectivity index (χ2v) is 8.36. The van der Waals surface area contributed by atoms with Crippen molar-refractivity contribution in [2.45, 2.75) is 38.1 Å². The molecule has 1 atom stereocenters. The first-order valence-corrected chi connectivity index (χ1v) is 10.2. The van der Waals surface area contributed by atoms with E-state index in [1.807, 2.05) is 6.07 Å². The van der Waals surface area contributed by atoms with Crippen LogP contribution in [0, 0.1) is 5.92 Å². The molecule has 3 aliphatic rings. The first kappa shape index (κ1) is 18.6. The van der Waals surface area contributed by atoms with Gasteiger partial charge in [0, 0.05) is 32.7 Å². The molecule has 1 aromatic rings. The van der Waals surface area contributed by atoms with Crippen LogP contribution in [0.15, 0.2) is 18.2 Å². The zero-order chi connectivity index (χ0) is 18.9. The zero-order valence-electron chi connectivity index (χ0n) is 16.5. The molecule has 6 nitrogen and oxygen atoms in total. The Balaban J connectivity index is 1.31. The van der Waals surface area contributed by atoms with Crippen molar-refractivity contribution in [3.63, 3.8) is 0 Å². The average molecular weight is 373 g/mol. The third-order valence-electron chi connectivity index (χ3n) is 6.38. The minimum atomic E-state index is -0.298. The Morgan fingerprint density at radius 1 is 1.19 bits per heavy atom. The summed E-state index contributed by atoms with van der Waals surface area (Å²) >= 11 is 0. The molecule has 2 saturated heterocycles. The molecule has 3 aliphatic heterocycles. The summed E-state index contributed by atoms with van der Waals surface area (Å²) in [6.45, 7) is 7.48. The van der Waals surface area contributed by atoms with Gasteiger partial charge in [0.1, 0.15) is 5.54 Å². The van der Waals surface area contributed by atoms with Crippen molar-refractivity contribution in [1.82, 2.24) is 15.1 Å². The number of benzene rings is 1. The lowest BCUT2D eigenvalue weighted by atomic mass is 9.84. The van der Waals surface area contributed by atoms with E-state index in [4.69, 9.17) is 9.47 Å². The quantitative estimate of drug-likeness (QED) is 0.873. The molecule has 4 rings (SSSR count). The predicted octanol–water partition coefficient (Wildman–Crippen LogP) is 1.88. The van der Waals surface area contributed by atoms with Crippen LogP contribution in [0.4, 0.5) is 0 Å². The maximum Gasteiger partial charge on any atom is 0.240 e. The van der Waals surface area contributed by atoms with E-state index in [1.165, 1.54) is 5.56 Å². The number of nitrogens with one attached hydrogen (secondary N) is 1. The van der Waals surface area contributed by atoms with Gasteiger partial charge in [-0.3, -0.25) is 9.69 Å². The number of likely N-dealkylation sites (tertiary alicyclic amines) is 1. The van der Waals surface area contributed by atoms with E-state index in [0.29, 0.717) is 12.7 Å². The average Bonchev–Trinajstić information content (AvgIpc) is 3.08. The SMILES string of the molecule is C[C@H](Cc1ccc2c(c1)OCO2)CN1CCC2(CC1)C(=O)NCCCN2C. The number of piperidine rings is 1. The minimum absolute atomic E-state index is 0.232. The molecule has 0 aliphatic carbocycles. The molecular formula is C21H31N3O3. The minimum Gasteiger partial charge on any atom is -0.454 e. The fourth-order valence-electron chi connectivity index (χ4n) is 4.76. The van der Waals surface area contributed by atoms with Crippen LogP contribution in [0.1, 0.15) is 31.7 Å². The van der Waals surface area contributed by atoms with Crippen LogP contribution < -0.4 is 14.8 Å². The van der Waals surface area contributed by atoms with Gasteiger partial charge in [0.25, 0.3) is 0 Å². The molecule has 3 heterocycles. The normalized spacial score (nSPS) is 23.9. The summed E-state index contributed by atoms with van der Waals surface area (Å²) in [5.41, 5.74) is 0.996. The molecular weight excluding hydrogens is 342 g/mol. The highest BCUT2D eigenvalue weighted by molar-refractivity contribution is 5.86. The van der Waals surface area contributed by atoms with Crippen LogP contribution in [0.5, 0.6) is 11.5 Å². The lowest BCUT2D eigenvalue weighted by Gasteiger charge is -2.45. The Morgan fingerprint density at radius 3 is 2.78 bits per heavy atom. The van der Waals surface area contributed by atoms with Crippen LogP contribution in [-0.4, -0.2) is 67.8 Å². The van der Waals surface area contributed by atoms with Crippen molar-refractivity contribution < 1.29 is 14.3 Å². The number of nitrogens with zero attached hydrogens (tertiary/aromatic N) is 2. The fraction of sp³-hybridized carbons (Fsp3) is 0.667. The topological polar surface area (TPSA) is 54.0 Å². The molecule has 2 fully saturated rings. The summed E-state index contributed by atoms with van der Waals surface area (Å²) in [5.74, 6) is 2.50. The molecule has 1 N–H and O–H groups in total. The van der Waals surface area contributed by atoms with E-state index < -0.39 is 0 Å². The first-order valence-electron chi connectivity index (χ1n) is 10.2. The highest BCUT2D eigenvalue weighted by atomic mass is 16.7. The van der Waals surface area contributed by atoms with E-state index in [9.17, 15) is 4.79 Å². The Hall–Kier alpha value is -1.79. The first-order chi connectivity index (χ1) is 13.1. The lowest BCUT2D eigenvalue weighted by Crippen LogP contribution is -2.61. The molecule has 0 aromatic heterocycles. The fourth-order valence-corrected chi connectivity index (χ4v) is 4.76. The second-order valence-electron chi connectivity index (χ2n) is 8.36. The third kappa shape index (κ3) is 3.78. The van der Waals surface area contributed by atoms with Crippen molar-refractivity contribution in [2.24, 2.45) is 5.92 Å². The molecule has 0 unspecified atom stereocenters. The number of amides is 1. The Morgan fingerprint density at radius 2 is 1.96 bits per heavy atom. The maximum atomic E-state index is 12.7. The summed E-state index contributed by atoms with van der Waals surface area (Å²) in [5, 5.41) is 3.12. The Kier molecular flexibility index (Phi) is 5.28. The van der Waals surface area contributed by atoms with E-state index in [0.717, 1.165) is 69.9 Å². The smallest absolute Gasteiger partial charge is 0.240 e. The molecule has 1 aromatic carbocycles. The van der Waals surface area contributed by atoms with Gasteiger partial charge in [0.2, 0.25) is 12.7 Å². The summed E-state index contributed by atoms with van der Waals surface area (Å²) in [6, 6.07) is 6.25. The van der Waals surface area contributed by atoms with Crippen molar-refractivity contribution in [2.75, 3.05) is 46.6 Å². The molecule has 1 amide bonds. The van der Waals surface area contributed by atoms with Gasteiger partial charge in [-0.25, -0.2) is 0 Å². The van der Waals surface area contributed by atoms with E-state index in [2.05, 4.69) is 41.2 Å². The molecule has 0 saturated carbocycles. The number of rotatable bonds is 4. The zero-order valence-corrected chi connectivity index (χ0v) is 16.5. The Labute approximate surface area is 161 Å². The highest BCUT2D eigenvalue weighted by Gasteiger charge is 2.45. The number of carbonyl (C=O) groups excluding carboxylic acids is 1. The van der Waals surface area contributed by atoms with Gasteiger partial charge in [-0.15, -0.1) is 0 Å². The number of carbonyl (C=O) groups is 1. The van der Waals surface area contributed by atoms with Crippen molar-refractivity contribution >= 4 is 5.91 Å². The van der Waals surface area contributed by atoms with Crippen molar-refractivity contribution in [1.29, 1.82) is 0 Å². The summed E-state index contributed by atoms with van der Waals surface area (Å²) in [7, 11) is 2.11. The second kappa shape index (κ2) is 7.68. The van der Waals surface area contributed by atoms with Crippen LogP contribution in [-0.2, 0) is 11.2 Å². The molecule has 6 heteroatoms. The van der Waals surface area contributed by atoms with Crippen LogP contribution in [0.2, 0.25) is 0 Å². The van der Waals surface area contributed by atoms with Crippen molar-refractivity contribution in [3.8, 4) is 11.5 Å². The van der Waals surface area contributed by atoms with Gasteiger partial charge in [-0.1, -0.05) is 13.0 Å². The number of hydrogen-bond acceptors (Lipinski definition) is 5. The molecule has 27 heavy (non-hydrogen) atoms. The van der Waals surface area contributed by atoms with Crippen LogP contribution in [0.25, 0.3) is 0 Å². The summed E-state index contributed by atoms with van der Waals surface area (Å²) in [6.07, 6.45) is 3.91. The summed E-state index contributed by atoms with van der Waals surface area (Å²) < 4.78 is 10.9. The van der Waals surface area contributed by atoms with Gasteiger partial charge in [-0.2, -0.15) is 0 Å². The maximum absolute atomic E-state index is 12.7. The van der Waals surface area contributed by atoms with Crippen LogP contribution >= 0.6 is 0 Å². The van der Waals surface area contributed by atoms with Crippen molar-refractivity contribution in [3.05, 3.63) is 23.8 Å². The standard InChI is InChI=1S/C21H31N3O3/c1-16(12-17-4-5-18-19(13-17)27-15-26-18)14-24-10-6-21(7-11-24)20(25)22-8-3-9-23(21)2/h4-5,13,16H,3,6-12,14-15H2,1-2H3,(H,22,25)/t16-/m1/s1. The van der Waals surface area contributed by atoms with E-state index >= 15 is 0 Å². The predicted molar refractivity (Wildman–Crippen MR) is 104 cm³/mol. The molecule has 1 spiro atoms. The van der Waals surface area contributed by atoms with Gasteiger partial charge >= 0.3 is 0 Å². The number of ether oxygens (including phenoxy) is 2. The molecule has 0 bridgehead atoms. The van der Waals surface area contributed by atoms with Gasteiger partial charge in [0.15, 0.2) is 11.5 Å².